The molecule has 0 unspecified atom stereocenters. The summed E-state index contributed by atoms with van der Waals surface area (Å²) in [4.78, 5) is 25.3. The van der Waals surface area contributed by atoms with E-state index in [4.69, 9.17) is 17.3 Å². The SMILES string of the molecule is Cc1ccc(-n2cccc2/C=C2\SC(=S)N(CCCC(=O)O)C2=O)cc1. The first-order valence-corrected chi connectivity index (χ1v) is 9.40. The molecule has 7 heteroatoms. The summed E-state index contributed by atoms with van der Waals surface area (Å²) in [7, 11) is 0. The topological polar surface area (TPSA) is 62.5 Å². The number of thioether (sulfide) groups is 1. The van der Waals surface area contributed by atoms with Crippen molar-refractivity contribution in [3.05, 3.63) is 58.8 Å². The van der Waals surface area contributed by atoms with Crippen LogP contribution >= 0.6 is 24.0 Å². The van der Waals surface area contributed by atoms with Crippen LogP contribution in [0.1, 0.15) is 24.1 Å². The summed E-state index contributed by atoms with van der Waals surface area (Å²) in [6.45, 7) is 2.36. The van der Waals surface area contributed by atoms with Gasteiger partial charge >= 0.3 is 5.97 Å². The van der Waals surface area contributed by atoms with E-state index in [0.717, 1.165) is 11.4 Å². The summed E-state index contributed by atoms with van der Waals surface area (Å²) in [5.74, 6) is -1.04. The third-order valence-corrected chi connectivity index (χ3v) is 5.40. The van der Waals surface area contributed by atoms with Gasteiger partial charge < -0.3 is 9.67 Å². The molecule has 5 nitrogen and oxygen atoms in total. The Kier molecular flexibility index (Phi) is 5.58. The van der Waals surface area contributed by atoms with Crippen LogP contribution in [0.15, 0.2) is 47.5 Å². The Morgan fingerprint density at radius 3 is 2.69 bits per heavy atom. The quantitative estimate of drug-likeness (QED) is 0.603. The summed E-state index contributed by atoms with van der Waals surface area (Å²) in [5.41, 5.74) is 3.09. The minimum Gasteiger partial charge on any atom is -0.481 e. The second-order valence-corrected chi connectivity index (χ2v) is 7.65. The number of aryl methyl sites for hydroxylation is 1. The number of carbonyl (C=O) groups excluding carboxylic acids is 1. The van der Waals surface area contributed by atoms with Crippen molar-refractivity contribution in [1.82, 2.24) is 9.47 Å². The molecule has 1 amide bonds. The van der Waals surface area contributed by atoms with E-state index in [1.165, 1.54) is 22.2 Å². The number of rotatable bonds is 6. The van der Waals surface area contributed by atoms with Crippen LogP contribution in [-0.2, 0) is 9.59 Å². The van der Waals surface area contributed by atoms with E-state index in [2.05, 4.69) is 0 Å². The lowest BCUT2D eigenvalue weighted by Crippen LogP contribution is -2.29. The molecule has 0 radical (unpaired) electrons. The first-order valence-electron chi connectivity index (χ1n) is 8.17. The fourth-order valence-electron chi connectivity index (χ4n) is 2.67. The maximum absolute atomic E-state index is 12.6. The highest BCUT2D eigenvalue weighted by Gasteiger charge is 2.31. The van der Waals surface area contributed by atoms with Crippen molar-refractivity contribution < 1.29 is 14.7 Å². The van der Waals surface area contributed by atoms with Crippen molar-refractivity contribution in [2.24, 2.45) is 0 Å². The molecule has 1 saturated heterocycles. The summed E-state index contributed by atoms with van der Waals surface area (Å²) >= 11 is 6.54. The van der Waals surface area contributed by atoms with E-state index in [-0.39, 0.29) is 12.3 Å². The molecule has 2 heterocycles. The first kappa shape index (κ1) is 18.4. The molecule has 0 aliphatic carbocycles. The lowest BCUT2D eigenvalue weighted by molar-refractivity contribution is -0.137. The zero-order valence-electron chi connectivity index (χ0n) is 14.2. The van der Waals surface area contributed by atoms with Gasteiger partial charge in [0.1, 0.15) is 4.32 Å². The number of carboxylic acid groups (broad SMARTS) is 1. The van der Waals surface area contributed by atoms with E-state index >= 15 is 0 Å². The van der Waals surface area contributed by atoms with Crippen LogP contribution in [-0.4, -0.2) is 37.3 Å². The predicted molar refractivity (Wildman–Crippen MR) is 107 cm³/mol. The highest BCUT2D eigenvalue weighted by molar-refractivity contribution is 8.26. The average molecular weight is 386 g/mol. The molecule has 1 aromatic carbocycles. The van der Waals surface area contributed by atoms with Crippen molar-refractivity contribution in [3.63, 3.8) is 0 Å². The Balaban J connectivity index is 1.80. The lowest BCUT2D eigenvalue weighted by Gasteiger charge is -2.13. The number of aromatic nitrogens is 1. The van der Waals surface area contributed by atoms with Gasteiger partial charge in [0.2, 0.25) is 0 Å². The van der Waals surface area contributed by atoms with Gasteiger partial charge in [0, 0.05) is 30.5 Å². The monoisotopic (exact) mass is 386 g/mol. The van der Waals surface area contributed by atoms with Gasteiger partial charge in [0.25, 0.3) is 5.91 Å². The molecule has 0 spiro atoms. The molecule has 3 rings (SSSR count). The second kappa shape index (κ2) is 7.88. The van der Waals surface area contributed by atoms with Gasteiger partial charge in [-0.3, -0.25) is 14.5 Å². The Labute approximate surface area is 161 Å². The molecule has 1 N–H and O–H groups in total. The number of benzene rings is 1. The minimum absolute atomic E-state index is 0.0202. The van der Waals surface area contributed by atoms with E-state index in [1.807, 2.05) is 60.2 Å². The van der Waals surface area contributed by atoms with Gasteiger partial charge in [-0.25, -0.2) is 0 Å². The molecule has 0 bridgehead atoms. The maximum atomic E-state index is 12.6. The van der Waals surface area contributed by atoms with Crippen molar-refractivity contribution in [2.45, 2.75) is 19.8 Å². The van der Waals surface area contributed by atoms with Gasteiger partial charge in [-0.05, 0) is 43.7 Å². The average Bonchev–Trinajstić information content (AvgIpc) is 3.15. The Morgan fingerprint density at radius 1 is 1.27 bits per heavy atom. The second-order valence-electron chi connectivity index (χ2n) is 5.97. The fourth-order valence-corrected chi connectivity index (χ4v) is 3.96. The minimum atomic E-state index is -0.873. The standard InChI is InChI=1S/C19H18N2O3S2/c1-13-6-8-14(9-7-13)20-10-2-4-15(20)12-16-18(24)21(19(25)26-16)11-3-5-17(22)23/h2,4,6-10,12H,3,5,11H2,1H3,(H,22,23)/b16-12-. The molecule has 134 valence electrons. The van der Waals surface area contributed by atoms with Gasteiger partial charge in [0.05, 0.1) is 4.91 Å². The fraction of sp³-hybridized carbons (Fsp3) is 0.211. The predicted octanol–water partition coefficient (Wildman–Crippen LogP) is 3.85. The van der Waals surface area contributed by atoms with Crippen molar-refractivity contribution in [2.75, 3.05) is 6.54 Å². The maximum Gasteiger partial charge on any atom is 0.303 e. The molecule has 1 aliphatic rings. The van der Waals surface area contributed by atoms with Gasteiger partial charge in [-0.15, -0.1) is 0 Å². The number of nitrogens with zero attached hydrogens (tertiary/aromatic N) is 2. The Morgan fingerprint density at radius 2 is 2.00 bits per heavy atom. The molecule has 1 aromatic heterocycles. The van der Waals surface area contributed by atoms with Crippen molar-refractivity contribution in [3.8, 4) is 5.69 Å². The smallest absolute Gasteiger partial charge is 0.303 e. The van der Waals surface area contributed by atoms with Crippen LogP contribution in [0.3, 0.4) is 0 Å². The number of carboxylic acids is 1. The number of amides is 1. The number of hydrogen-bond acceptors (Lipinski definition) is 4. The first-order chi connectivity index (χ1) is 12.5. The number of carbonyl (C=O) groups is 2. The zero-order chi connectivity index (χ0) is 18.7. The zero-order valence-corrected chi connectivity index (χ0v) is 15.8. The van der Waals surface area contributed by atoms with Gasteiger partial charge in [0.15, 0.2) is 0 Å². The van der Waals surface area contributed by atoms with E-state index in [1.54, 1.807) is 0 Å². The number of hydrogen-bond donors (Lipinski definition) is 1. The van der Waals surface area contributed by atoms with Crippen LogP contribution in [0.2, 0.25) is 0 Å². The summed E-state index contributed by atoms with van der Waals surface area (Å²) in [5, 5.41) is 8.74. The van der Waals surface area contributed by atoms with Crippen LogP contribution in [0.5, 0.6) is 0 Å². The van der Waals surface area contributed by atoms with Crippen LogP contribution < -0.4 is 0 Å². The molecule has 1 aliphatic heterocycles. The largest absolute Gasteiger partial charge is 0.481 e. The third-order valence-electron chi connectivity index (χ3n) is 4.02. The molecule has 0 atom stereocenters. The van der Waals surface area contributed by atoms with Gasteiger partial charge in [-0.2, -0.15) is 0 Å². The Hall–Kier alpha value is -2.38. The molecule has 1 fully saturated rings. The van der Waals surface area contributed by atoms with E-state index in [0.29, 0.717) is 22.2 Å². The third kappa shape index (κ3) is 4.05. The van der Waals surface area contributed by atoms with Gasteiger partial charge in [-0.1, -0.05) is 41.7 Å². The lowest BCUT2D eigenvalue weighted by atomic mass is 10.2. The molecule has 2 aromatic rings. The number of thiocarbonyl (C=S) groups is 1. The van der Waals surface area contributed by atoms with E-state index in [9.17, 15) is 9.59 Å². The molecule has 0 saturated carbocycles. The van der Waals surface area contributed by atoms with Crippen molar-refractivity contribution in [1.29, 1.82) is 0 Å². The van der Waals surface area contributed by atoms with Crippen molar-refractivity contribution >= 4 is 46.3 Å². The summed E-state index contributed by atoms with van der Waals surface area (Å²) in [6.07, 6.45) is 4.18. The molecular formula is C19H18N2O3S2. The molecule has 26 heavy (non-hydrogen) atoms. The highest BCUT2D eigenvalue weighted by atomic mass is 32.2. The number of aliphatic carboxylic acids is 1. The molecular weight excluding hydrogens is 368 g/mol. The van der Waals surface area contributed by atoms with E-state index < -0.39 is 5.97 Å². The Bertz CT molecular complexity index is 884. The highest BCUT2D eigenvalue weighted by Crippen LogP contribution is 2.33. The summed E-state index contributed by atoms with van der Waals surface area (Å²) < 4.78 is 2.48. The van der Waals surface area contributed by atoms with Crippen LogP contribution in [0, 0.1) is 6.92 Å². The van der Waals surface area contributed by atoms with Crippen LogP contribution in [0.4, 0.5) is 0 Å². The summed E-state index contributed by atoms with van der Waals surface area (Å²) in [6, 6.07) is 12.0. The van der Waals surface area contributed by atoms with Crippen LogP contribution in [0.25, 0.3) is 11.8 Å². The normalized spacial score (nSPS) is 15.9.